The lowest BCUT2D eigenvalue weighted by Crippen LogP contribution is -2.29. The Hall–Kier alpha value is -3.66. The van der Waals surface area contributed by atoms with Crippen molar-refractivity contribution < 1.29 is 4.79 Å². The van der Waals surface area contributed by atoms with Gasteiger partial charge in [-0.1, -0.05) is 78.4 Å². The molecule has 28 heavy (non-hydrogen) atoms. The molecule has 4 nitrogen and oxygen atoms in total. The number of anilines is 1. The number of H-pyrrole nitrogens is 1. The molecule has 1 amide bonds. The van der Waals surface area contributed by atoms with Crippen molar-refractivity contribution >= 4 is 11.6 Å². The maximum absolute atomic E-state index is 13.3. The summed E-state index contributed by atoms with van der Waals surface area (Å²) in [5, 5.41) is 7.51. The first kappa shape index (κ1) is 16.5. The molecule has 4 heteroatoms. The second-order valence-electron chi connectivity index (χ2n) is 7.05. The zero-order valence-corrected chi connectivity index (χ0v) is 15.5. The maximum Gasteiger partial charge on any atom is 0.277 e. The maximum atomic E-state index is 13.3. The number of carbonyl (C=O) groups is 1. The normalized spacial score (nSPS) is 15.7. The third-order valence-electron chi connectivity index (χ3n) is 5.24. The van der Waals surface area contributed by atoms with Crippen LogP contribution in [0, 0.1) is 6.92 Å². The van der Waals surface area contributed by atoms with Crippen LogP contribution < -0.4 is 4.90 Å². The lowest BCUT2D eigenvalue weighted by Gasteiger charge is -2.26. The molecule has 1 N–H and O–H groups in total. The minimum Gasteiger partial charge on any atom is -0.295 e. The first-order valence-corrected chi connectivity index (χ1v) is 9.33. The van der Waals surface area contributed by atoms with Gasteiger partial charge in [0, 0.05) is 16.8 Å². The van der Waals surface area contributed by atoms with E-state index in [0.717, 1.165) is 28.1 Å². The molecule has 0 bridgehead atoms. The van der Waals surface area contributed by atoms with E-state index in [-0.39, 0.29) is 11.9 Å². The number of fused-ring (bicyclic) bond motifs is 1. The highest BCUT2D eigenvalue weighted by Crippen LogP contribution is 2.44. The summed E-state index contributed by atoms with van der Waals surface area (Å²) in [6.07, 6.45) is 0. The summed E-state index contributed by atoms with van der Waals surface area (Å²) in [5.41, 5.74) is 6.46. The van der Waals surface area contributed by atoms with Crippen molar-refractivity contribution in [2.24, 2.45) is 0 Å². The molecule has 0 saturated heterocycles. The summed E-state index contributed by atoms with van der Waals surface area (Å²) < 4.78 is 0. The largest absolute Gasteiger partial charge is 0.295 e. The number of nitrogens with one attached hydrogen (secondary N) is 1. The molecule has 0 saturated carbocycles. The van der Waals surface area contributed by atoms with Crippen LogP contribution in [0.3, 0.4) is 0 Å². The quantitative estimate of drug-likeness (QED) is 0.547. The van der Waals surface area contributed by atoms with Crippen LogP contribution in [-0.4, -0.2) is 16.1 Å². The Balaban J connectivity index is 1.73. The van der Waals surface area contributed by atoms with Crippen LogP contribution in [0.5, 0.6) is 0 Å². The summed E-state index contributed by atoms with van der Waals surface area (Å²) in [6, 6.07) is 28.0. The first-order chi connectivity index (χ1) is 13.7. The SMILES string of the molecule is Cc1ccc(C2c3c(-c4ccccc4)n[nH]c3C(=O)N2c2ccccc2)cc1. The molecular weight excluding hydrogens is 346 g/mol. The van der Waals surface area contributed by atoms with Gasteiger partial charge < -0.3 is 0 Å². The minimum atomic E-state index is -0.223. The molecule has 1 unspecified atom stereocenters. The van der Waals surface area contributed by atoms with Crippen LogP contribution in [0.25, 0.3) is 11.3 Å². The number of aromatic nitrogens is 2. The van der Waals surface area contributed by atoms with Crippen LogP contribution in [-0.2, 0) is 0 Å². The van der Waals surface area contributed by atoms with Gasteiger partial charge in [-0.25, -0.2) is 0 Å². The molecule has 0 aliphatic carbocycles. The van der Waals surface area contributed by atoms with E-state index in [1.54, 1.807) is 0 Å². The topological polar surface area (TPSA) is 49.0 Å². The number of aryl methyl sites for hydroxylation is 1. The Kier molecular flexibility index (Phi) is 3.83. The lowest BCUT2D eigenvalue weighted by molar-refractivity contribution is 0.0989. The zero-order chi connectivity index (χ0) is 19.1. The number of para-hydroxylation sites is 1. The summed E-state index contributed by atoms with van der Waals surface area (Å²) >= 11 is 0. The standard InChI is InChI=1S/C24H19N3O/c1-16-12-14-18(15-13-16)23-20-21(17-8-4-2-5-9-17)25-26-22(20)24(28)27(23)19-10-6-3-7-11-19/h2-15,23H,1H3,(H,25,26). The molecule has 1 aliphatic rings. The summed E-state index contributed by atoms with van der Waals surface area (Å²) in [5.74, 6) is -0.0542. The fraction of sp³-hybridized carbons (Fsp3) is 0.0833. The Morgan fingerprint density at radius 3 is 2.18 bits per heavy atom. The van der Waals surface area contributed by atoms with Crippen LogP contribution in [0.2, 0.25) is 0 Å². The molecule has 5 rings (SSSR count). The monoisotopic (exact) mass is 365 g/mol. The number of rotatable bonds is 3. The van der Waals surface area contributed by atoms with E-state index in [0.29, 0.717) is 5.69 Å². The van der Waals surface area contributed by atoms with Gasteiger partial charge in [-0.15, -0.1) is 0 Å². The zero-order valence-electron chi connectivity index (χ0n) is 15.5. The number of hydrogen-bond acceptors (Lipinski definition) is 2. The van der Waals surface area contributed by atoms with Crippen LogP contribution >= 0.6 is 0 Å². The molecule has 136 valence electrons. The van der Waals surface area contributed by atoms with Crippen molar-refractivity contribution in [2.75, 3.05) is 4.90 Å². The Labute approximate surface area is 163 Å². The molecule has 1 aromatic heterocycles. The molecule has 3 aromatic carbocycles. The number of amides is 1. The number of aromatic amines is 1. The molecule has 0 spiro atoms. The molecule has 0 fully saturated rings. The molecular formula is C24H19N3O. The van der Waals surface area contributed by atoms with Crippen molar-refractivity contribution in [3.63, 3.8) is 0 Å². The van der Waals surface area contributed by atoms with Gasteiger partial charge in [-0.05, 0) is 24.6 Å². The van der Waals surface area contributed by atoms with Crippen molar-refractivity contribution in [1.82, 2.24) is 10.2 Å². The van der Waals surface area contributed by atoms with Crippen LogP contribution in [0.15, 0.2) is 84.9 Å². The van der Waals surface area contributed by atoms with E-state index in [2.05, 4.69) is 41.4 Å². The average molecular weight is 365 g/mol. The highest BCUT2D eigenvalue weighted by molar-refractivity contribution is 6.11. The number of hydrogen-bond donors (Lipinski definition) is 1. The van der Waals surface area contributed by atoms with Gasteiger partial charge in [0.25, 0.3) is 5.91 Å². The fourth-order valence-corrected chi connectivity index (χ4v) is 3.88. The second kappa shape index (κ2) is 6.50. The van der Waals surface area contributed by atoms with E-state index in [1.807, 2.05) is 65.6 Å². The molecule has 1 aliphatic heterocycles. The minimum absolute atomic E-state index is 0.0542. The fourth-order valence-electron chi connectivity index (χ4n) is 3.88. The van der Waals surface area contributed by atoms with Crippen LogP contribution in [0.4, 0.5) is 5.69 Å². The smallest absolute Gasteiger partial charge is 0.277 e. The summed E-state index contributed by atoms with van der Waals surface area (Å²) in [7, 11) is 0. The van der Waals surface area contributed by atoms with Gasteiger partial charge >= 0.3 is 0 Å². The van der Waals surface area contributed by atoms with E-state index in [4.69, 9.17) is 0 Å². The first-order valence-electron chi connectivity index (χ1n) is 9.33. The van der Waals surface area contributed by atoms with Gasteiger partial charge in [-0.2, -0.15) is 5.10 Å². The van der Waals surface area contributed by atoms with Gasteiger partial charge in [0.1, 0.15) is 5.69 Å². The van der Waals surface area contributed by atoms with Crippen molar-refractivity contribution in [3.05, 3.63) is 107 Å². The molecule has 2 heterocycles. The summed E-state index contributed by atoms with van der Waals surface area (Å²) in [6.45, 7) is 2.07. The van der Waals surface area contributed by atoms with E-state index < -0.39 is 0 Å². The Bertz CT molecular complexity index is 1130. The Morgan fingerprint density at radius 2 is 1.50 bits per heavy atom. The number of nitrogens with zero attached hydrogens (tertiary/aromatic N) is 2. The third-order valence-corrected chi connectivity index (χ3v) is 5.24. The molecule has 0 radical (unpaired) electrons. The van der Waals surface area contributed by atoms with Gasteiger partial charge in [0.2, 0.25) is 0 Å². The van der Waals surface area contributed by atoms with Crippen molar-refractivity contribution in [3.8, 4) is 11.3 Å². The highest BCUT2D eigenvalue weighted by atomic mass is 16.2. The number of benzene rings is 3. The van der Waals surface area contributed by atoms with Crippen molar-refractivity contribution in [1.29, 1.82) is 0 Å². The van der Waals surface area contributed by atoms with E-state index in [1.165, 1.54) is 5.56 Å². The second-order valence-corrected chi connectivity index (χ2v) is 7.05. The average Bonchev–Trinajstić information content (AvgIpc) is 3.29. The third kappa shape index (κ3) is 2.54. The molecule has 4 aromatic rings. The Morgan fingerprint density at radius 1 is 0.857 bits per heavy atom. The van der Waals surface area contributed by atoms with Crippen LogP contribution in [0.1, 0.15) is 33.2 Å². The number of carbonyl (C=O) groups excluding carboxylic acids is 1. The van der Waals surface area contributed by atoms with E-state index >= 15 is 0 Å². The van der Waals surface area contributed by atoms with E-state index in [9.17, 15) is 4.79 Å². The van der Waals surface area contributed by atoms with Gasteiger partial charge in [0.05, 0.1) is 11.7 Å². The van der Waals surface area contributed by atoms with Crippen molar-refractivity contribution in [2.45, 2.75) is 13.0 Å². The highest BCUT2D eigenvalue weighted by Gasteiger charge is 2.42. The molecule has 1 atom stereocenters. The van der Waals surface area contributed by atoms with Gasteiger partial charge in [0.15, 0.2) is 0 Å². The predicted molar refractivity (Wildman–Crippen MR) is 110 cm³/mol. The predicted octanol–water partition coefficient (Wildman–Crippen LogP) is 5.13. The summed E-state index contributed by atoms with van der Waals surface area (Å²) in [4.78, 5) is 15.2. The van der Waals surface area contributed by atoms with Gasteiger partial charge in [-0.3, -0.25) is 14.8 Å². The lowest BCUT2D eigenvalue weighted by atomic mass is 9.95.